The SMILES string of the molecule is COCCCCN(CCCCOC)C(C)C. The van der Waals surface area contributed by atoms with E-state index in [0.717, 1.165) is 26.1 Å². The van der Waals surface area contributed by atoms with Crippen LogP contribution < -0.4 is 0 Å². The fourth-order valence-electron chi connectivity index (χ4n) is 1.75. The van der Waals surface area contributed by atoms with Gasteiger partial charge in [0.25, 0.3) is 0 Å². The first-order valence-electron chi connectivity index (χ1n) is 6.44. The predicted octanol–water partition coefficient (Wildman–Crippen LogP) is 2.55. The van der Waals surface area contributed by atoms with E-state index in [0.29, 0.717) is 6.04 Å². The van der Waals surface area contributed by atoms with Gasteiger partial charge in [0.05, 0.1) is 0 Å². The molecule has 98 valence electrons. The van der Waals surface area contributed by atoms with Crippen LogP contribution in [0.3, 0.4) is 0 Å². The van der Waals surface area contributed by atoms with E-state index in [4.69, 9.17) is 9.47 Å². The minimum absolute atomic E-state index is 0.644. The van der Waals surface area contributed by atoms with E-state index < -0.39 is 0 Å². The largest absolute Gasteiger partial charge is 0.385 e. The van der Waals surface area contributed by atoms with Crippen LogP contribution in [0.4, 0.5) is 0 Å². The van der Waals surface area contributed by atoms with Crippen LogP contribution in [0.5, 0.6) is 0 Å². The highest BCUT2D eigenvalue weighted by atomic mass is 16.5. The van der Waals surface area contributed by atoms with Crippen molar-refractivity contribution in [1.82, 2.24) is 4.90 Å². The molecule has 0 atom stereocenters. The number of rotatable bonds is 11. The van der Waals surface area contributed by atoms with Gasteiger partial charge in [0.2, 0.25) is 0 Å². The summed E-state index contributed by atoms with van der Waals surface area (Å²) in [6, 6.07) is 0.644. The van der Waals surface area contributed by atoms with Gasteiger partial charge in [0, 0.05) is 33.5 Å². The summed E-state index contributed by atoms with van der Waals surface area (Å²) < 4.78 is 10.1. The van der Waals surface area contributed by atoms with Crippen molar-refractivity contribution in [3.05, 3.63) is 0 Å². The Hall–Kier alpha value is -0.120. The van der Waals surface area contributed by atoms with Crippen molar-refractivity contribution in [2.75, 3.05) is 40.5 Å². The number of nitrogens with zero attached hydrogens (tertiary/aromatic N) is 1. The normalized spacial score (nSPS) is 11.6. The Bertz CT molecular complexity index is 128. The molecule has 0 aliphatic carbocycles. The number of hydrogen-bond acceptors (Lipinski definition) is 3. The van der Waals surface area contributed by atoms with E-state index in [2.05, 4.69) is 18.7 Å². The van der Waals surface area contributed by atoms with Gasteiger partial charge in [-0.1, -0.05) is 0 Å². The zero-order valence-corrected chi connectivity index (χ0v) is 11.5. The Morgan fingerprint density at radius 3 is 1.56 bits per heavy atom. The van der Waals surface area contributed by atoms with Crippen molar-refractivity contribution in [2.24, 2.45) is 0 Å². The summed E-state index contributed by atoms with van der Waals surface area (Å²) in [6.45, 7) is 8.69. The Kier molecular flexibility index (Phi) is 11.3. The molecule has 0 saturated carbocycles. The lowest BCUT2D eigenvalue weighted by Crippen LogP contribution is -2.33. The van der Waals surface area contributed by atoms with E-state index in [1.165, 1.54) is 25.9 Å². The molecule has 0 N–H and O–H groups in total. The maximum absolute atomic E-state index is 5.06. The highest BCUT2D eigenvalue weighted by molar-refractivity contribution is 4.63. The molecule has 0 spiro atoms. The van der Waals surface area contributed by atoms with Crippen LogP contribution in [0.15, 0.2) is 0 Å². The maximum atomic E-state index is 5.06. The summed E-state index contributed by atoms with van der Waals surface area (Å²) in [6.07, 6.45) is 4.79. The Morgan fingerprint density at radius 2 is 1.25 bits per heavy atom. The molecule has 3 heteroatoms. The van der Waals surface area contributed by atoms with E-state index >= 15 is 0 Å². The van der Waals surface area contributed by atoms with Gasteiger partial charge in [0.1, 0.15) is 0 Å². The van der Waals surface area contributed by atoms with Crippen LogP contribution >= 0.6 is 0 Å². The molecule has 16 heavy (non-hydrogen) atoms. The lowest BCUT2D eigenvalue weighted by atomic mass is 10.2. The summed E-state index contributed by atoms with van der Waals surface area (Å²) in [5.74, 6) is 0. The molecule has 0 saturated heterocycles. The zero-order valence-electron chi connectivity index (χ0n) is 11.5. The molecule has 0 bridgehead atoms. The first-order valence-corrected chi connectivity index (χ1v) is 6.44. The Balaban J connectivity index is 3.54. The monoisotopic (exact) mass is 231 g/mol. The molecule has 0 aromatic rings. The van der Waals surface area contributed by atoms with E-state index in [-0.39, 0.29) is 0 Å². The molecule has 3 nitrogen and oxygen atoms in total. The van der Waals surface area contributed by atoms with Gasteiger partial charge in [-0.25, -0.2) is 0 Å². The summed E-state index contributed by atoms with van der Waals surface area (Å²) in [7, 11) is 3.54. The molecule has 0 fully saturated rings. The fourth-order valence-corrected chi connectivity index (χ4v) is 1.75. The molecule has 0 radical (unpaired) electrons. The third-order valence-electron chi connectivity index (χ3n) is 2.82. The van der Waals surface area contributed by atoms with Crippen LogP contribution in [0.25, 0.3) is 0 Å². The molecule has 0 aromatic carbocycles. The molecular weight excluding hydrogens is 202 g/mol. The second-order valence-corrected chi connectivity index (χ2v) is 4.53. The molecule has 0 aromatic heterocycles. The highest BCUT2D eigenvalue weighted by Crippen LogP contribution is 2.04. The van der Waals surface area contributed by atoms with Gasteiger partial charge in [-0.15, -0.1) is 0 Å². The molecule has 0 rings (SSSR count). The Labute approximate surface area is 101 Å². The standard InChI is InChI=1S/C13H29NO2/c1-13(2)14(9-5-7-11-15-3)10-6-8-12-16-4/h13H,5-12H2,1-4H3. The molecule has 0 amide bonds. The van der Waals surface area contributed by atoms with Gasteiger partial charge in [-0.3, -0.25) is 0 Å². The zero-order chi connectivity index (χ0) is 12.2. The number of hydrogen-bond donors (Lipinski definition) is 0. The lowest BCUT2D eigenvalue weighted by molar-refractivity contribution is 0.163. The number of ether oxygens (including phenoxy) is 2. The number of unbranched alkanes of at least 4 members (excludes halogenated alkanes) is 2. The molecule has 0 heterocycles. The van der Waals surface area contributed by atoms with Crippen molar-refractivity contribution in [1.29, 1.82) is 0 Å². The first-order chi connectivity index (χ1) is 7.72. The average Bonchev–Trinajstić information content (AvgIpc) is 2.26. The van der Waals surface area contributed by atoms with Gasteiger partial charge in [-0.2, -0.15) is 0 Å². The smallest absolute Gasteiger partial charge is 0.0462 e. The van der Waals surface area contributed by atoms with E-state index in [9.17, 15) is 0 Å². The van der Waals surface area contributed by atoms with Crippen LogP contribution in [0.2, 0.25) is 0 Å². The van der Waals surface area contributed by atoms with Gasteiger partial charge in [-0.05, 0) is 52.6 Å². The summed E-state index contributed by atoms with van der Waals surface area (Å²) in [4.78, 5) is 2.55. The third-order valence-corrected chi connectivity index (χ3v) is 2.82. The third kappa shape index (κ3) is 9.13. The van der Waals surface area contributed by atoms with Crippen molar-refractivity contribution in [2.45, 2.75) is 45.6 Å². The second-order valence-electron chi connectivity index (χ2n) is 4.53. The van der Waals surface area contributed by atoms with Crippen molar-refractivity contribution in [3.63, 3.8) is 0 Å². The molecule has 0 unspecified atom stereocenters. The van der Waals surface area contributed by atoms with Crippen LogP contribution in [-0.2, 0) is 9.47 Å². The topological polar surface area (TPSA) is 21.7 Å². The summed E-state index contributed by atoms with van der Waals surface area (Å²) in [5.41, 5.74) is 0. The second kappa shape index (κ2) is 11.4. The maximum Gasteiger partial charge on any atom is 0.0462 e. The highest BCUT2D eigenvalue weighted by Gasteiger charge is 2.07. The van der Waals surface area contributed by atoms with E-state index in [1.807, 2.05) is 0 Å². The first kappa shape index (κ1) is 15.9. The van der Waals surface area contributed by atoms with Crippen LogP contribution in [0, 0.1) is 0 Å². The summed E-state index contributed by atoms with van der Waals surface area (Å²) >= 11 is 0. The van der Waals surface area contributed by atoms with Gasteiger partial charge in [0.15, 0.2) is 0 Å². The van der Waals surface area contributed by atoms with E-state index in [1.54, 1.807) is 14.2 Å². The van der Waals surface area contributed by atoms with Gasteiger partial charge < -0.3 is 14.4 Å². The average molecular weight is 231 g/mol. The molecule has 0 aliphatic heterocycles. The predicted molar refractivity (Wildman–Crippen MR) is 68.9 cm³/mol. The van der Waals surface area contributed by atoms with Crippen LogP contribution in [0.1, 0.15) is 39.5 Å². The van der Waals surface area contributed by atoms with Crippen molar-refractivity contribution < 1.29 is 9.47 Å². The Morgan fingerprint density at radius 1 is 0.812 bits per heavy atom. The lowest BCUT2D eigenvalue weighted by Gasteiger charge is -2.26. The minimum atomic E-state index is 0.644. The quantitative estimate of drug-likeness (QED) is 0.510. The van der Waals surface area contributed by atoms with Crippen molar-refractivity contribution >= 4 is 0 Å². The van der Waals surface area contributed by atoms with Gasteiger partial charge >= 0.3 is 0 Å². The van der Waals surface area contributed by atoms with Crippen molar-refractivity contribution in [3.8, 4) is 0 Å². The molecular formula is C13H29NO2. The fraction of sp³-hybridized carbons (Fsp3) is 1.00. The van der Waals surface area contributed by atoms with Crippen LogP contribution in [-0.4, -0.2) is 51.5 Å². The summed E-state index contributed by atoms with van der Waals surface area (Å²) in [5, 5.41) is 0. The number of methoxy groups -OCH3 is 2. The molecule has 0 aliphatic rings. The minimum Gasteiger partial charge on any atom is -0.385 e.